The van der Waals surface area contributed by atoms with E-state index in [2.05, 4.69) is 36.1 Å². The first-order valence-electron chi connectivity index (χ1n) is 6.35. The maximum atomic E-state index is 5.14. The number of anilines is 1. The third-order valence-corrected chi connectivity index (χ3v) is 2.80. The van der Waals surface area contributed by atoms with Crippen molar-refractivity contribution in [2.45, 2.75) is 46.1 Å². The Kier molecular flexibility index (Phi) is 5.91. The summed E-state index contributed by atoms with van der Waals surface area (Å²) in [5, 5.41) is 3.24. The molecule has 0 radical (unpaired) electrons. The molecule has 1 heterocycles. The molecule has 0 amide bonds. The number of aromatic nitrogens is 2. The lowest BCUT2D eigenvalue weighted by Crippen LogP contribution is -2.09. The van der Waals surface area contributed by atoms with Crippen LogP contribution in [-0.2, 0) is 11.3 Å². The fourth-order valence-corrected chi connectivity index (χ4v) is 1.85. The van der Waals surface area contributed by atoms with Gasteiger partial charge in [-0.1, -0.05) is 13.8 Å². The van der Waals surface area contributed by atoms with E-state index in [-0.39, 0.29) is 0 Å². The van der Waals surface area contributed by atoms with Crippen molar-refractivity contribution in [3.63, 3.8) is 0 Å². The molecule has 1 rings (SSSR count). The predicted molar refractivity (Wildman–Crippen MR) is 70.2 cm³/mol. The summed E-state index contributed by atoms with van der Waals surface area (Å²) >= 11 is 0. The van der Waals surface area contributed by atoms with Gasteiger partial charge in [0.2, 0.25) is 0 Å². The van der Waals surface area contributed by atoms with Gasteiger partial charge in [-0.3, -0.25) is 0 Å². The van der Waals surface area contributed by atoms with E-state index in [9.17, 15) is 0 Å². The van der Waals surface area contributed by atoms with E-state index in [1.54, 1.807) is 7.11 Å². The molecule has 4 nitrogen and oxygen atoms in total. The van der Waals surface area contributed by atoms with Crippen molar-refractivity contribution in [3.8, 4) is 0 Å². The van der Waals surface area contributed by atoms with Crippen molar-refractivity contribution in [2.24, 2.45) is 0 Å². The molecule has 0 bridgehead atoms. The van der Waals surface area contributed by atoms with Gasteiger partial charge in [-0.05, 0) is 19.8 Å². The molecule has 0 aliphatic carbocycles. The zero-order valence-electron chi connectivity index (χ0n) is 11.3. The molecule has 0 unspecified atom stereocenters. The molecule has 0 aliphatic heterocycles. The van der Waals surface area contributed by atoms with Gasteiger partial charge in [0.15, 0.2) is 0 Å². The quantitative estimate of drug-likeness (QED) is 0.792. The second-order valence-corrected chi connectivity index (χ2v) is 4.08. The molecule has 0 saturated carbocycles. The van der Waals surface area contributed by atoms with E-state index in [1.165, 1.54) is 0 Å². The van der Waals surface area contributed by atoms with Gasteiger partial charge in [0.1, 0.15) is 11.6 Å². The van der Waals surface area contributed by atoms with Crippen LogP contribution in [0.5, 0.6) is 0 Å². The molecule has 17 heavy (non-hydrogen) atoms. The van der Waals surface area contributed by atoms with Crippen LogP contribution in [0.4, 0.5) is 5.82 Å². The van der Waals surface area contributed by atoms with Gasteiger partial charge in [-0.2, -0.15) is 0 Å². The van der Waals surface area contributed by atoms with Gasteiger partial charge in [0.05, 0.1) is 12.3 Å². The average molecular weight is 237 g/mol. The minimum atomic E-state index is 0.434. The van der Waals surface area contributed by atoms with Crippen LogP contribution in [0, 0.1) is 0 Å². The van der Waals surface area contributed by atoms with Crippen LogP contribution in [0.3, 0.4) is 0 Å². The summed E-state index contributed by atoms with van der Waals surface area (Å²) in [6.45, 7) is 7.82. The number of methoxy groups -OCH3 is 1. The molecular formula is C13H23N3O. The first-order valence-corrected chi connectivity index (χ1v) is 6.35. The maximum absolute atomic E-state index is 5.14. The fraction of sp³-hybridized carbons (Fsp3) is 0.692. The van der Waals surface area contributed by atoms with Crippen LogP contribution >= 0.6 is 0 Å². The number of rotatable bonds is 7. The molecule has 4 heteroatoms. The van der Waals surface area contributed by atoms with Crippen LogP contribution in [0.1, 0.15) is 51.0 Å². The SMILES string of the molecule is CCNc1cc(COC)nc(C(CC)CC)n1. The lowest BCUT2D eigenvalue weighted by Gasteiger charge is -2.14. The summed E-state index contributed by atoms with van der Waals surface area (Å²) < 4.78 is 5.14. The minimum absolute atomic E-state index is 0.434. The van der Waals surface area contributed by atoms with Crippen molar-refractivity contribution in [1.82, 2.24) is 9.97 Å². The van der Waals surface area contributed by atoms with Crippen molar-refractivity contribution in [3.05, 3.63) is 17.6 Å². The first-order chi connectivity index (χ1) is 8.24. The van der Waals surface area contributed by atoms with Crippen LogP contribution in [0.2, 0.25) is 0 Å². The van der Waals surface area contributed by atoms with Crippen LogP contribution in [0.25, 0.3) is 0 Å². The molecule has 0 atom stereocenters. The van der Waals surface area contributed by atoms with Crippen molar-refractivity contribution < 1.29 is 4.74 Å². The van der Waals surface area contributed by atoms with E-state index < -0.39 is 0 Å². The minimum Gasteiger partial charge on any atom is -0.378 e. The van der Waals surface area contributed by atoms with Crippen LogP contribution in [-0.4, -0.2) is 23.6 Å². The smallest absolute Gasteiger partial charge is 0.134 e. The second kappa shape index (κ2) is 7.22. The molecule has 96 valence electrons. The largest absolute Gasteiger partial charge is 0.378 e. The Hall–Kier alpha value is -1.16. The summed E-state index contributed by atoms with van der Waals surface area (Å²) in [6.07, 6.45) is 2.14. The van der Waals surface area contributed by atoms with Crippen LogP contribution in [0.15, 0.2) is 6.07 Å². The zero-order valence-corrected chi connectivity index (χ0v) is 11.3. The Labute approximate surface area is 104 Å². The Morgan fingerprint density at radius 1 is 1.24 bits per heavy atom. The van der Waals surface area contributed by atoms with Crippen molar-refractivity contribution >= 4 is 5.82 Å². The summed E-state index contributed by atoms with van der Waals surface area (Å²) in [7, 11) is 1.69. The number of ether oxygens (including phenoxy) is 1. The van der Waals surface area contributed by atoms with Gasteiger partial charge in [-0.15, -0.1) is 0 Å². The Balaban J connectivity index is 3.01. The van der Waals surface area contributed by atoms with Crippen molar-refractivity contribution in [2.75, 3.05) is 19.0 Å². The Morgan fingerprint density at radius 2 is 1.94 bits per heavy atom. The highest BCUT2D eigenvalue weighted by atomic mass is 16.5. The molecule has 0 fully saturated rings. The van der Waals surface area contributed by atoms with Crippen molar-refractivity contribution in [1.29, 1.82) is 0 Å². The monoisotopic (exact) mass is 237 g/mol. The molecule has 0 aromatic carbocycles. The maximum Gasteiger partial charge on any atom is 0.134 e. The fourth-order valence-electron chi connectivity index (χ4n) is 1.85. The van der Waals surface area contributed by atoms with E-state index in [0.29, 0.717) is 12.5 Å². The van der Waals surface area contributed by atoms with E-state index in [0.717, 1.165) is 36.7 Å². The second-order valence-electron chi connectivity index (χ2n) is 4.08. The molecule has 0 spiro atoms. The van der Waals surface area contributed by atoms with Gasteiger partial charge in [-0.25, -0.2) is 9.97 Å². The number of hydrogen-bond acceptors (Lipinski definition) is 4. The molecule has 1 aromatic heterocycles. The molecule has 1 aromatic rings. The van der Waals surface area contributed by atoms with Gasteiger partial charge >= 0.3 is 0 Å². The predicted octanol–water partition coefficient (Wildman–Crippen LogP) is 2.96. The first kappa shape index (κ1) is 13.9. The molecule has 0 saturated heterocycles. The average Bonchev–Trinajstić information content (AvgIpc) is 2.31. The van der Waals surface area contributed by atoms with Gasteiger partial charge in [0, 0.05) is 25.6 Å². The molecule has 1 N–H and O–H groups in total. The topological polar surface area (TPSA) is 47.0 Å². The Morgan fingerprint density at radius 3 is 2.47 bits per heavy atom. The third kappa shape index (κ3) is 3.97. The normalized spacial score (nSPS) is 10.9. The van der Waals surface area contributed by atoms with E-state index in [4.69, 9.17) is 4.74 Å². The summed E-state index contributed by atoms with van der Waals surface area (Å²) in [5.41, 5.74) is 0.945. The molecular weight excluding hydrogens is 214 g/mol. The zero-order chi connectivity index (χ0) is 12.7. The lowest BCUT2D eigenvalue weighted by atomic mass is 10.0. The van der Waals surface area contributed by atoms with Gasteiger partial charge in [0.25, 0.3) is 0 Å². The summed E-state index contributed by atoms with van der Waals surface area (Å²) in [6, 6.07) is 1.96. The van der Waals surface area contributed by atoms with Gasteiger partial charge < -0.3 is 10.1 Å². The molecule has 0 aliphatic rings. The standard InChI is InChI=1S/C13H23N3O/c1-5-10(6-2)13-15-11(9-17-4)8-12(16-13)14-7-3/h8,10H,5-7,9H2,1-4H3,(H,14,15,16). The summed E-state index contributed by atoms with van der Waals surface area (Å²) in [4.78, 5) is 9.14. The van der Waals surface area contributed by atoms with E-state index >= 15 is 0 Å². The van der Waals surface area contributed by atoms with Crippen LogP contribution < -0.4 is 5.32 Å². The highest BCUT2D eigenvalue weighted by molar-refractivity contribution is 5.36. The summed E-state index contributed by atoms with van der Waals surface area (Å²) in [5.74, 6) is 2.26. The highest BCUT2D eigenvalue weighted by Crippen LogP contribution is 2.21. The number of hydrogen-bond donors (Lipinski definition) is 1. The lowest BCUT2D eigenvalue weighted by molar-refractivity contribution is 0.181. The third-order valence-electron chi connectivity index (χ3n) is 2.80. The number of nitrogens with one attached hydrogen (secondary N) is 1. The number of nitrogens with zero attached hydrogens (tertiary/aromatic N) is 2. The van der Waals surface area contributed by atoms with E-state index in [1.807, 2.05) is 6.07 Å². The Bertz CT molecular complexity index is 313. The highest BCUT2D eigenvalue weighted by Gasteiger charge is 2.12.